The van der Waals surface area contributed by atoms with E-state index in [0.717, 1.165) is 33.7 Å². The standard InChI is InChI=1S/C28H25N7O2/c1-16-12-24-25(33-35(32-24)18-8-10-19(37-3)11-9-18)13-23(16)30-15-21-17(2)20(14-29)27-31-22-6-4-5-7-26(22)34(27)28(21)36/h4-13,15,24-25,31-33H,1-3H3/t24-,25-/m1/s1. The number of fused-ring (bicyclic) bond motifs is 4. The number of imidazole rings is 1. The van der Waals surface area contributed by atoms with Gasteiger partial charge in [-0.15, -0.1) is 0 Å². The van der Waals surface area contributed by atoms with Crippen LogP contribution in [-0.4, -0.2) is 34.8 Å². The van der Waals surface area contributed by atoms with Crippen LogP contribution in [0.2, 0.25) is 0 Å². The van der Waals surface area contributed by atoms with E-state index in [2.05, 4.69) is 34.1 Å². The Labute approximate surface area is 212 Å². The highest BCUT2D eigenvalue weighted by Gasteiger charge is 2.32. The van der Waals surface area contributed by atoms with E-state index in [0.29, 0.717) is 22.3 Å². The second-order valence-electron chi connectivity index (χ2n) is 9.16. The molecule has 37 heavy (non-hydrogen) atoms. The number of nitrogens with zero attached hydrogens (tertiary/aromatic N) is 4. The van der Waals surface area contributed by atoms with Crippen molar-refractivity contribution >= 4 is 28.6 Å². The number of pyridine rings is 1. The topological polar surface area (TPSA) is 110 Å². The molecule has 0 radical (unpaired) electrons. The lowest BCUT2D eigenvalue weighted by Gasteiger charge is -2.18. The van der Waals surface area contributed by atoms with Gasteiger partial charge in [-0.05, 0) is 67.5 Å². The summed E-state index contributed by atoms with van der Waals surface area (Å²) in [6, 6.07) is 17.6. The smallest absolute Gasteiger partial charge is 0.265 e. The highest BCUT2D eigenvalue weighted by atomic mass is 16.5. The maximum Gasteiger partial charge on any atom is 0.265 e. The number of rotatable bonds is 4. The van der Waals surface area contributed by atoms with E-state index < -0.39 is 0 Å². The average Bonchev–Trinajstić information content (AvgIpc) is 3.50. The first-order valence-corrected chi connectivity index (χ1v) is 12.0. The Balaban J connectivity index is 1.35. The fraction of sp³-hybridized carbons (Fsp3) is 0.179. The van der Waals surface area contributed by atoms with E-state index in [9.17, 15) is 10.1 Å². The molecule has 3 N–H and O–H groups in total. The van der Waals surface area contributed by atoms with E-state index in [-0.39, 0.29) is 17.6 Å². The number of benzene rings is 2. The molecule has 184 valence electrons. The van der Waals surface area contributed by atoms with E-state index in [1.54, 1.807) is 24.6 Å². The summed E-state index contributed by atoms with van der Waals surface area (Å²) in [6.07, 6.45) is 5.76. The second kappa shape index (κ2) is 8.78. The zero-order valence-electron chi connectivity index (χ0n) is 20.6. The number of aromatic nitrogens is 2. The van der Waals surface area contributed by atoms with E-state index in [4.69, 9.17) is 9.73 Å². The minimum absolute atomic E-state index is 0.0223. The molecule has 0 amide bonds. The molecule has 0 saturated carbocycles. The van der Waals surface area contributed by atoms with E-state index in [1.807, 2.05) is 60.6 Å². The molecular formula is C28H25N7O2. The fourth-order valence-corrected chi connectivity index (χ4v) is 4.94. The number of aliphatic imine (C=N–C) groups is 1. The predicted molar refractivity (Wildman–Crippen MR) is 144 cm³/mol. The number of hydrogen-bond donors (Lipinski definition) is 3. The molecule has 9 heteroatoms. The molecule has 4 aromatic rings. The number of aromatic amines is 1. The van der Waals surface area contributed by atoms with Gasteiger partial charge >= 0.3 is 0 Å². The molecule has 2 aliphatic rings. The molecule has 2 aromatic carbocycles. The number of H-pyrrole nitrogens is 1. The van der Waals surface area contributed by atoms with Gasteiger partial charge in [0.1, 0.15) is 17.5 Å². The molecule has 1 aliphatic carbocycles. The van der Waals surface area contributed by atoms with Gasteiger partial charge in [0.15, 0.2) is 0 Å². The predicted octanol–water partition coefficient (Wildman–Crippen LogP) is 3.50. The minimum atomic E-state index is -0.213. The first-order chi connectivity index (χ1) is 18.0. The minimum Gasteiger partial charge on any atom is -0.497 e. The summed E-state index contributed by atoms with van der Waals surface area (Å²) in [7, 11) is 1.64. The number of ether oxygens (including phenoxy) is 1. The van der Waals surface area contributed by atoms with Crippen molar-refractivity contribution in [2.75, 3.05) is 12.2 Å². The highest BCUT2D eigenvalue weighted by molar-refractivity contribution is 5.89. The number of methoxy groups -OCH3 is 1. The van der Waals surface area contributed by atoms with Crippen LogP contribution in [0.25, 0.3) is 16.7 Å². The summed E-state index contributed by atoms with van der Waals surface area (Å²) < 4.78 is 6.81. The van der Waals surface area contributed by atoms with Gasteiger partial charge in [0.25, 0.3) is 5.56 Å². The van der Waals surface area contributed by atoms with Gasteiger partial charge in [0, 0.05) is 6.21 Å². The number of nitriles is 1. The maximum absolute atomic E-state index is 13.5. The Bertz CT molecular complexity index is 1730. The number of hydrogen-bond acceptors (Lipinski definition) is 7. The van der Waals surface area contributed by atoms with Crippen LogP contribution in [0.1, 0.15) is 23.6 Å². The third-order valence-electron chi connectivity index (χ3n) is 6.96. The summed E-state index contributed by atoms with van der Waals surface area (Å²) in [4.78, 5) is 21.5. The third-order valence-corrected chi connectivity index (χ3v) is 6.96. The van der Waals surface area contributed by atoms with Crippen molar-refractivity contribution in [2.45, 2.75) is 25.9 Å². The van der Waals surface area contributed by atoms with Gasteiger partial charge in [-0.1, -0.05) is 18.2 Å². The summed E-state index contributed by atoms with van der Waals surface area (Å²) in [5.41, 5.74) is 12.9. The number of anilines is 1. The van der Waals surface area contributed by atoms with Crippen molar-refractivity contribution in [3.8, 4) is 11.8 Å². The maximum atomic E-state index is 13.5. The van der Waals surface area contributed by atoms with Crippen LogP contribution in [0.4, 0.5) is 5.69 Å². The Morgan fingerprint density at radius 3 is 2.51 bits per heavy atom. The molecule has 0 bridgehead atoms. The van der Waals surface area contributed by atoms with Crippen LogP contribution in [0.5, 0.6) is 5.75 Å². The van der Waals surface area contributed by atoms with Gasteiger partial charge in [-0.2, -0.15) is 5.26 Å². The lowest BCUT2D eigenvalue weighted by molar-refractivity contribution is 0.414. The lowest BCUT2D eigenvalue weighted by Crippen LogP contribution is -2.40. The normalized spacial score (nSPS) is 19.2. The first-order valence-electron chi connectivity index (χ1n) is 12.0. The van der Waals surface area contributed by atoms with Crippen LogP contribution in [0, 0.1) is 18.3 Å². The number of para-hydroxylation sites is 2. The van der Waals surface area contributed by atoms with Gasteiger partial charge in [-0.25, -0.2) is 16.0 Å². The average molecular weight is 492 g/mol. The number of nitrogens with one attached hydrogen (secondary N) is 3. The molecule has 9 nitrogen and oxygen atoms in total. The fourth-order valence-electron chi connectivity index (χ4n) is 4.94. The van der Waals surface area contributed by atoms with Crippen molar-refractivity contribution in [3.05, 3.63) is 99.0 Å². The van der Waals surface area contributed by atoms with E-state index >= 15 is 0 Å². The molecule has 1 fully saturated rings. The van der Waals surface area contributed by atoms with Crippen LogP contribution in [-0.2, 0) is 0 Å². The Morgan fingerprint density at radius 2 is 1.78 bits per heavy atom. The summed E-state index contributed by atoms with van der Waals surface area (Å²) in [6.45, 7) is 3.79. The first kappa shape index (κ1) is 22.8. The van der Waals surface area contributed by atoms with Crippen molar-refractivity contribution in [1.29, 1.82) is 5.26 Å². The number of allylic oxidation sites excluding steroid dienone is 1. The molecule has 6 rings (SSSR count). The Kier molecular flexibility index (Phi) is 5.41. The van der Waals surface area contributed by atoms with Crippen molar-refractivity contribution < 1.29 is 4.74 Å². The van der Waals surface area contributed by atoms with Crippen LogP contribution >= 0.6 is 0 Å². The highest BCUT2D eigenvalue weighted by Crippen LogP contribution is 2.27. The summed E-state index contributed by atoms with van der Waals surface area (Å²) in [5, 5.41) is 11.8. The summed E-state index contributed by atoms with van der Waals surface area (Å²) >= 11 is 0. The lowest BCUT2D eigenvalue weighted by atomic mass is 9.97. The zero-order valence-corrected chi connectivity index (χ0v) is 20.6. The van der Waals surface area contributed by atoms with Crippen LogP contribution in [0.15, 0.2) is 81.7 Å². The molecule has 1 saturated heterocycles. The quantitative estimate of drug-likeness (QED) is 0.377. The third kappa shape index (κ3) is 3.71. The zero-order chi connectivity index (χ0) is 25.7. The Hall–Kier alpha value is -4.65. The van der Waals surface area contributed by atoms with Crippen molar-refractivity contribution in [2.24, 2.45) is 4.99 Å². The molecular weight excluding hydrogens is 466 g/mol. The SMILES string of the molecule is COc1ccc(N2N[C@@H]3C=C(C)C(N=Cc4c(C)c(C#N)c5[nH]c6ccccc6n5c4=O)=C[C@H]3N2)cc1. The van der Waals surface area contributed by atoms with Gasteiger partial charge in [0.2, 0.25) is 0 Å². The number of hydrazine groups is 2. The molecule has 0 unspecified atom stereocenters. The molecule has 2 aromatic heterocycles. The van der Waals surface area contributed by atoms with Crippen LogP contribution in [0.3, 0.4) is 0 Å². The van der Waals surface area contributed by atoms with Gasteiger partial charge < -0.3 is 9.72 Å². The van der Waals surface area contributed by atoms with Gasteiger partial charge in [-0.3, -0.25) is 14.2 Å². The largest absolute Gasteiger partial charge is 0.497 e. The molecule has 0 spiro atoms. The Morgan fingerprint density at radius 1 is 1.05 bits per heavy atom. The molecule has 3 heterocycles. The summed E-state index contributed by atoms with van der Waals surface area (Å²) in [5.74, 6) is 0.796. The van der Waals surface area contributed by atoms with Crippen molar-refractivity contribution in [1.82, 2.24) is 20.2 Å². The van der Waals surface area contributed by atoms with E-state index in [1.165, 1.54) is 0 Å². The van der Waals surface area contributed by atoms with Crippen molar-refractivity contribution in [3.63, 3.8) is 0 Å². The van der Waals surface area contributed by atoms with Gasteiger partial charge in [0.05, 0.1) is 52.7 Å². The molecule has 2 atom stereocenters. The van der Waals surface area contributed by atoms with Crippen LogP contribution < -0.4 is 26.3 Å². The molecule has 1 aliphatic heterocycles. The monoisotopic (exact) mass is 491 g/mol. The second-order valence-corrected chi connectivity index (χ2v) is 9.16.